The van der Waals surface area contributed by atoms with Crippen LogP contribution in [0.2, 0.25) is 4.34 Å². The zero-order chi connectivity index (χ0) is 15.4. The van der Waals surface area contributed by atoms with Crippen LogP contribution in [-0.2, 0) is 11.2 Å². The highest BCUT2D eigenvalue weighted by Crippen LogP contribution is 2.28. The highest BCUT2D eigenvalue weighted by Gasteiger charge is 2.17. The number of nitrogens with zero attached hydrogens (tertiary/aromatic N) is 1. The predicted molar refractivity (Wildman–Crippen MR) is 83.5 cm³/mol. The van der Waals surface area contributed by atoms with E-state index in [1.54, 1.807) is 6.07 Å². The molecule has 0 aliphatic carbocycles. The van der Waals surface area contributed by atoms with Gasteiger partial charge in [0.15, 0.2) is 5.69 Å². The van der Waals surface area contributed by atoms with Gasteiger partial charge in [-0.3, -0.25) is 4.79 Å². The molecule has 8 heteroatoms. The normalized spacial score (nSPS) is 12.1. The number of carbonyl (C=O) groups is 2. The van der Waals surface area contributed by atoms with Gasteiger partial charge in [-0.25, -0.2) is 9.78 Å². The number of carboxylic acids is 1. The number of halogens is 1. The third-order valence-corrected chi connectivity index (χ3v) is 5.15. The van der Waals surface area contributed by atoms with Gasteiger partial charge in [-0.1, -0.05) is 11.6 Å². The van der Waals surface area contributed by atoms with E-state index >= 15 is 0 Å². The fourth-order valence-electron chi connectivity index (χ4n) is 1.66. The van der Waals surface area contributed by atoms with Gasteiger partial charge in [-0.15, -0.1) is 22.7 Å². The summed E-state index contributed by atoms with van der Waals surface area (Å²) in [5.74, 6) is -1.37. The van der Waals surface area contributed by atoms with Gasteiger partial charge in [-0.2, -0.15) is 0 Å². The van der Waals surface area contributed by atoms with Crippen LogP contribution in [0, 0.1) is 0 Å². The molecule has 0 aliphatic rings. The summed E-state index contributed by atoms with van der Waals surface area (Å²) >= 11 is 8.52. The average Bonchev–Trinajstić information content (AvgIpc) is 3.07. The lowest BCUT2D eigenvalue weighted by molar-refractivity contribution is -0.122. The number of thiazole rings is 1. The fourth-order valence-corrected chi connectivity index (χ4v) is 3.54. The van der Waals surface area contributed by atoms with E-state index in [2.05, 4.69) is 10.3 Å². The third-order valence-electron chi connectivity index (χ3n) is 2.82. The Morgan fingerprint density at radius 1 is 1.48 bits per heavy atom. The molecule has 0 aromatic carbocycles. The lowest BCUT2D eigenvalue weighted by Gasteiger charge is -2.09. The van der Waals surface area contributed by atoms with Crippen LogP contribution in [0.1, 0.15) is 33.2 Å². The lowest BCUT2D eigenvalue weighted by Crippen LogP contribution is -2.29. The van der Waals surface area contributed by atoms with Crippen LogP contribution in [0.5, 0.6) is 0 Å². The van der Waals surface area contributed by atoms with Crippen LogP contribution in [0.25, 0.3) is 0 Å². The molecule has 21 heavy (non-hydrogen) atoms. The molecule has 0 saturated carbocycles. The van der Waals surface area contributed by atoms with E-state index in [-0.39, 0.29) is 17.5 Å². The monoisotopic (exact) mass is 344 g/mol. The first kappa shape index (κ1) is 15.9. The summed E-state index contributed by atoms with van der Waals surface area (Å²) in [5.41, 5.74) is 0.0444. The van der Waals surface area contributed by atoms with Gasteiger partial charge in [0.1, 0.15) is 0 Å². The predicted octanol–water partition coefficient (Wildman–Crippen LogP) is 3.02. The van der Waals surface area contributed by atoms with E-state index in [1.807, 2.05) is 13.0 Å². The van der Waals surface area contributed by atoms with Crippen LogP contribution < -0.4 is 5.32 Å². The van der Waals surface area contributed by atoms with Crippen molar-refractivity contribution in [2.45, 2.75) is 19.3 Å². The fraction of sp³-hybridized carbons (Fsp3) is 0.308. The average molecular weight is 345 g/mol. The van der Waals surface area contributed by atoms with E-state index < -0.39 is 5.97 Å². The Kier molecular flexibility index (Phi) is 5.33. The van der Waals surface area contributed by atoms with E-state index in [0.717, 1.165) is 4.88 Å². The third kappa shape index (κ3) is 4.26. The number of amides is 1. The maximum atomic E-state index is 12.0. The van der Waals surface area contributed by atoms with Crippen molar-refractivity contribution in [1.29, 1.82) is 0 Å². The van der Waals surface area contributed by atoms with E-state index in [9.17, 15) is 9.59 Å². The van der Waals surface area contributed by atoms with Gasteiger partial charge in [0.25, 0.3) is 0 Å². The van der Waals surface area contributed by atoms with Crippen molar-refractivity contribution >= 4 is 46.2 Å². The molecule has 1 unspecified atom stereocenters. The van der Waals surface area contributed by atoms with Gasteiger partial charge in [0, 0.05) is 23.2 Å². The molecule has 5 nitrogen and oxygen atoms in total. The number of carboxylic acid groups (broad SMARTS) is 1. The second-order valence-corrected chi connectivity index (χ2v) is 7.03. The molecule has 112 valence electrons. The Balaban J connectivity index is 1.82. The molecule has 0 saturated heterocycles. The van der Waals surface area contributed by atoms with Gasteiger partial charge >= 0.3 is 5.97 Å². The number of aromatic carboxylic acids is 1. The SMILES string of the molecule is CC(C(=O)NCCc1nc(C(=O)O)cs1)c1ccc(Cl)s1. The molecule has 0 radical (unpaired) electrons. The summed E-state index contributed by atoms with van der Waals surface area (Å²) in [5, 5.41) is 13.8. The summed E-state index contributed by atoms with van der Waals surface area (Å²) in [6.45, 7) is 2.25. The molecule has 2 aromatic rings. The number of thiophene rings is 1. The van der Waals surface area contributed by atoms with Crippen LogP contribution in [0.3, 0.4) is 0 Å². The number of hydrogen-bond donors (Lipinski definition) is 2. The van der Waals surface area contributed by atoms with Gasteiger partial charge in [-0.05, 0) is 19.1 Å². The Morgan fingerprint density at radius 3 is 2.81 bits per heavy atom. The number of nitrogens with one attached hydrogen (secondary N) is 1. The maximum Gasteiger partial charge on any atom is 0.355 e. The van der Waals surface area contributed by atoms with Gasteiger partial charge < -0.3 is 10.4 Å². The Bertz CT molecular complexity index is 653. The minimum absolute atomic E-state index is 0.0444. The van der Waals surface area contributed by atoms with Crippen LogP contribution in [-0.4, -0.2) is 28.5 Å². The zero-order valence-corrected chi connectivity index (χ0v) is 13.5. The number of carbonyl (C=O) groups excluding carboxylic acids is 1. The molecule has 0 bridgehead atoms. The Labute approximate surface area is 134 Å². The summed E-state index contributed by atoms with van der Waals surface area (Å²) in [6.07, 6.45) is 0.515. The smallest absolute Gasteiger partial charge is 0.355 e. The number of hydrogen-bond acceptors (Lipinski definition) is 5. The minimum atomic E-state index is -1.04. The molecule has 1 amide bonds. The number of aromatic nitrogens is 1. The van der Waals surface area contributed by atoms with Crippen molar-refractivity contribution in [3.05, 3.63) is 37.4 Å². The van der Waals surface area contributed by atoms with Crippen molar-refractivity contribution in [3.63, 3.8) is 0 Å². The molecule has 1 atom stereocenters. The topological polar surface area (TPSA) is 79.3 Å². The van der Waals surface area contributed by atoms with Gasteiger partial charge in [0.2, 0.25) is 5.91 Å². The maximum absolute atomic E-state index is 12.0. The molecule has 2 N–H and O–H groups in total. The largest absolute Gasteiger partial charge is 0.476 e. The number of rotatable bonds is 6. The zero-order valence-electron chi connectivity index (χ0n) is 11.1. The molecule has 0 fully saturated rings. The Morgan fingerprint density at radius 2 is 2.24 bits per heavy atom. The van der Waals surface area contributed by atoms with Crippen molar-refractivity contribution in [2.75, 3.05) is 6.54 Å². The van der Waals surface area contributed by atoms with E-state index in [0.29, 0.717) is 22.3 Å². The van der Waals surface area contributed by atoms with Crippen LogP contribution in [0.15, 0.2) is 17.5 Å². The van der Waals surface area contributed by atoms with E-state index in [1.165, 1.54) is 28.1 Å². The molecular weight excluding hydrogens is 332 g/mol. The first-order valence-electron chi connectivity index (χ1n) is 6.18. The highest BCUT2D eigenvalue weighted by atomic mass is 35.5. The Hall–Kier alpha value is -1.44. The molecule has 2 heterocycles. The molecule has 0 spiro atoms. The van der Waals surface area contributed by atoms with Crippen molar-refractivity contribution in [3.8, 4) is 0 Å². The van der Waals surface area contributed by atoms with E-state index in [4.69, 9.17) is 16.7 Å². The summed E-state index contributed by atoms with van der Waals surface area (Å²) in [4.78, 5) is 27.6. The van der Waals surface area contributed by atoms with Crippen LogP contribution >= 0.6 is 34.3 Å². The first-order valence-corrected chi connectivity index (χ1v) is 8.25. The quantitative estimate of drug-likeness (QED) is 0.844. The summed E-state index contributed by atoms with van der Waals surface area (Å²) < 4.78 is 0.661. The van der Waals surface area contributed by atoms with Crippen molar-refractivity contribution in [1.82, 2.24) is 10.3 Å². The molecule has 0 aliphatic heterocycles. The summed E-state index contributed by atoms with van der Waals surface area (Å²) in [6, 6.07) is 3.62. The summed E-state index contributed by atoms with van der Waals surface area (Å²) in [7, 11) is 0. The van der Waals surface area contributed by atoms with Crippen molar-refractivity contribution < 1.29 is 14.7 Å². The minimum Gasteiger partial charge on any atom is -0.476 e. The molecule has 2 rings (SSSR count). The highest BCUT2D eigenvalue weighted by molar-refractivity contribution is 7.16. The van der Waals surface area contributed by atoms with Crippen molar-refractivity contribution in [2.24, 2.45) is 0 Å². The second-order valence-electron chi connectivity index (χ2n) is 4.34. The van der Waals surface area contributed by atoms with Crippen LogP contribution in [0.4, 0.5) is 0 Å². The lowest BCUT2D eigenvalue weighted by atomic mass is 10.1. The van der Waals surface area contributed by atoms with Gasteiger partial charge in [0.05, 0.1) is 15.3 Å². The molecular formula is C13H13ClN2O3S2. The standard InChI is InChI=1S/C13H13ClN2O3S2/c1-7(9-2-3-10(14)21-9)12(17)15-5-4-11-16-8(6-20-11)13(18)19/h2-3,6-7H,4-5H2,1H3,(H,15,17)(H,18,19). The first-order chi connectivity index (χ1) is 9.97. The molecule has 2 aromatic heterocycles. The second kappa shape index (κ2) is 7.02.